The molecule has 1 aromatic heterocycles. The van der Waals surface area contributed by atoms with Gasteiger partial charge in [-0.05, 0) is 19.4 Å². The molecule has 1 heterocycles. The SMILES string of the molecule is Cc1sc(N)c(C(=O)[O-])c1C. The van der Waals surface area contributed by atoms with Gasteiger partial charge in [0, 0.05) is 10.4 Å². The second-order valence-corrected chi connectivity index (χ2v) is 3.57. The number of hydrogen-bond acceptors (Lipinski definition) is 4. The normalized spacial score (nSPS) is 10.0. The van der Waals surface area contributed by atoms with Crippen molar-refractivity contribution in [2.75, 3.05) is 5.73 Å². The highest BCUT2D eigenvalue weighted by molar-refractivity contribution is 7.16. The number of thiophene rings is 1. The highest BCUT2D eigenvalue weighted by Gasteiger charge is 2.09. The molecule has 0 aliphatic rings. The lowest BCUT2D eigenvalue weighted by atomic mass is 10.2. The molecular formula is C7H8NO2S-. The first-order chi connectivity index (χ1) is 5.04. The molecule has 0 atom stereocenters. The number of carbonyl (C=O) groups is 1. The monoisotopic (exact) mass is 170 g/mol. The molecular weight excluding hydrogens is 162 g/mol. The Labute approximate surface area is 68.5 Å². The van der Waals surface area contributed by atoms with Crippen LogP contribution >= 0.6 is 11.3 Å². The fourth-order valence-electron chi connectivity index (χ4n) is 0.907. The molecule has 0 bridgehead atoms. The van der Waals surface area contributed by atoms with E-state index in [-0.39, 0.29) is 5.56 Å². The molecule has 0 fully saturated rings. The summed E-state index contributed by atoms with van der Waals surface area (Å²) >= 11 is 1.28. The number of rotatable bonds is 1. The molecule has 0 aromatic carbocycles. The maximum atomic E-state index is 10.5. The Balaban J connectivity index is 3.34. The Morgan fingerprint density at radius 1 is 1.55 bits per heavy atom. The molecule has 2 N–H and O–H groups in total. The Morgan fingerprint density at radius 2 is 2.09 bits per heavy atom. The third kappa shape index (κ3) is 1.21. The minimum atomic E-state index is -1.19. The van der Waals surface area contributed by atoms with Gasteiger partial charge in [0.1, 0.15) is 0 Å². The van der Waals surface area contributed by atoms with Crippen molar-refractivity contribution in [3.8, 4) is 0 Å². The van der Waals surface area contributed by atoms with Gasteiger partial charge in [0.05, 0.1) is 11.0 Å². The van der Waals surface area contributed by atoms with Gasteiger partial charge in [0.15, 0.2) is 0 Å². The number of carbonyl (C=O) groups excluding carboxylic acids is 1. The third-order valence-electron chi connectivity index (χ3n) is 1.62. The predicted molar refractivity (Wildman–Crippen MR) is 42.5 cm³/mol. The van der Waals surface area contributed by atoms with E-state index in [4.69, 9.17) is 5.73 Å². The summed E-state index contributed by atoms with van der Waals surface area (Å²) in [7, 11) is 0. The van der Waals surface area contributed by atoms with Gasteiger partial charge in [-0.15, -0.1) is 11.3 Å². The fraction of sp³-hybridized carbons (Fsp3) is 0.286. The quantitative estimate of drug-likeness (QED) is 0.659. The lowest BCUT2D eigenvalue weighted by Crippen LogP contribution is -2.23. The van der Waals surface area contributed by atoms with E-state index >= 15 is 0 Å². The average Bonchev–Trinajstić information content (AvgIpc) is 2.07. The average molecular weight is 170 g/mol. The molecule has 1 aromatic rings. The molecule has 0 spiro atoms. The van der Waals surface area contributed by atoms with Crippen molar-refractivity contribution in [2.45, 2.75) is 13.8 Å². The first-order valence-corrected chi connectivity index (χ1v) is 3.92. The lowest BCUT2D eigenvalue weighted by molar-refractivity contribution is -0.254. The maximum Gasteiger partial charge on any atom is 0.0953 e. The summed E-state index contributed by atoms with van der Waals surface area (Å²) in [6, 6.07) is 0. The summed E-state index contributed by atoms with van der Waals surface area (Å²) in [6.07, 6.45) is 0. The van der Waals surface area contributed by atoms with Crippen LogP contribution in [0.3, 0.4) is 0 Å². The highest BCUT2D eigenvalue weighted by Crippen LogP contribution is 2.28. The molecule has 0 aliphatic heterocycles. The van der Waals surface area contributed by atoms with Crippen LogP contribution in [0.25, 0.3) is 0 Å². The summed E-state index contributed by atoms with van der Waals surface area (Å²) in [5.41, 5.74) is 6.30. The molecule has 60 valence electrons. The van der Waals surface area contributed by atoms with Crippen LogP contribution in [0.2, 0.25) is 0 Å². The van der Waals surface area contributed by atoms with Crippen molar-refractivity contribution in [2.24, 2.45) is 0 Å². The summed E-state index contributed by atoms with van der Waals surface area (Å²) in [4.78, 5) is 11.4. The van der Waals surface area contributed by atoms with Crippen molar-refractivity contribution in [1.82, 2.24) is 0 Å². The highest BCUT2D eigenvalue weighted by atomic mass is 32.1. The van der Waals surface area contributed by atoms with Crippen molar-refractivity contribution in [3.63, 3.8) is 0 Å². The number of aromatic carboxylic acids is 1. The minimum absolute atomic E-state index is 0.146. The summed E-state index contributed by atoms with van der Waals surface area (Å²) in [5, 5.41) is 10.8. The lowest BCUT2D eigenvalue weighted by Gasteiger charge is -2.01. The molecule has 11 heavy (non-hydrogen) atoms. The summed E-state index contributed by atoms with van der Waals surface area (Å²) < 4.78 is 0. The van der Waals surface area contributed by atoms with Crippen LogP contribution in [0.5, 0.6) is 0 Å². The van der Waals surface area contributed by atoms with Crippen LogP contribution in [0, 0.1) is 13.8 Å². The van der Waals surface area contributed by atoms with Crippen LogP contribution in [0.15, 0.2) is 0 Å². The molecule has 0 saturated carbocycles. The van der Waals surface area contributed by atoms with Gasteiger partial charge in [-0.25, -0.2) is 0 Å². The number of anilines is 1. The third-order valence-corrected chi connectivity index (χ3v) is 2.65. The molecule has 4 heteroatoms. The van der Waals surface area contributed by atoms with Crippen LogP contribution in [0.4, 0.5) is 5.00 Å². The molecule has 3 nitrogen and oxygen atoms in total. The zero-order valence-corrected chi connectivity index (χ0v) is 7.12. The number of nitrogens with two attached hydrogens (primary N) is 1. The number of aryl methyl sites for hydroxylation is 1. The number of nitrogen functional groups attached to an aromatic ring is 1. The van der Waals surface area contributed by atoms with E-state index < -0.39 is 5.97 Å². The molecule has 0 radical (unpaired) electrons. The van der Waals surface area contributed by atoms with Crippen molar-refractivity contribution in [1.29, 1.82) is 0 Å². The topological polar surface area (TPSA) is 66.2 Å². The fourth-order valence-corrected chi connectivity index (χ4v) is 1.83. The van der Waals surface area contributed by atoms with Gasteiger partial charge in [-0.1, -0.05) is 0 Å². The first kappa shape index (κ1) is 8.07. The Kier molecular flexibility index (Phi) is 1.87. The number of hydrogen-bond donors (Lipinski definition) is 1. The second-order valence-electron chi connectivity index (χ2n) is 2.31. The first-order valence-electron chi connectivity index (χ1n) is 3.11. The Hall–Kier alpha value is -1.03. The molecule has 0 amide bonds. The predicted octanol–water partition coefficient (Wildman–Crippen LogP) is 0.311. The van der Waals surface area contributed by atoms with E-state index in [1.807, 2.05) is 6.92 Å². The standard InChI is InChI=1S/C7H9NO2S/c1-3-4(2)11-6(8)5(3)7(9)10/h8H2,1-2H3,(H,9,10)/p-1. The summed E-state index contributed by atoms with van der Waals surface area (Å²) in [5.74, 6) is -1.19. The molecule has 0 unspecified atom stereocenters. The van der Waals surface area contributed by atoms with Crippen LogP contribution in [0.1, 0.15) is 20.8 Å². The Bertz CT molecular complexity index is 304. The van der Waals surface area contributed by atoms with Gasteiger partial charge >= 0.3 is 0 Å². The zero-order valence-electron chi connectivity index (χ0n) is 6.30. The van der Waals surface area contributed by atoms with E-state index in [0.717, 1.165) is 4.88 Å². The van der Waals surface area contributed by atoms with Gasteiger partial charge in [0.25, 0.3) is 0 Å². The number of carboxylic acid groups (broad SMARTS) is 1. The molecule has 1 rings (SSSR count). The van der Waals surface area contributed by atoms with E-state index in [1.165, 1.54) is 11.3 Å². The van der Waals surface area contributed by atoms with Gasteiger partial charge < -0.3 is 15.6 Å². The summed E-state index contributed by atoms with van der Waals surface area (Å²) in [6.45, 7) is 3.57. The van der Waals surface area contributed by atoms with Crippen molar-refractivity contribution < 1.29 is 9.90 Å². The van der Waals surface area contributed by atoms with Crippen LogP contribution < -0.4 is 10.8 Å². The van der Waals surface area contributed by atoms with E-state index in [1.54, 1.807) is 6.92 Å². The zero-order chi connectivity index (χ0) is 8.59. The van der Waals surface area contributed by atoms with Crippen LogP contribution in [-0.4, -0.2) is 5.97 Å². The van der Waals surface area contributed by atoms with Crippen LogP contribution in [-0.2, 0) is 0 Å². The van der Waals surface area contributed by atoms with E-state index in [0.29, 0.717) is 10.6 Å². The Morgan fingerprint density at radius 3 is 2.27 bits per heavy atom. The van der Waals surface area contributed by atoms with Gasteiger partial charge in [-0.3, -0.25) is 0 Å². The van der Waals surface area contributed by atoms with Gasteiger partial charge in [-0.2, -0.15) is 0 Å². The van der Waals surface area contributed by atoms with Crippen molar-refractivity contribution >= 4 is 22.3 Å². The molecule has 0 aliphatic carbocycles. The maximum absolute atomic E-state index is 10.5. The number of carboxylic acids is 1. The van der Waals surface area contributed by atoms with E-state index in [2.05, 4.69) is 0 Å². The minimum Gasteiger partial charge on any atom is -0.545 e. The largest absolute Gasteiger partial charge is 0.545 e. The molecule has 0 saturated heterocycles. The van der Waals surface area contributed by atoms with E-state index in [9.17, 15) is 9.90 Å². The van der Waals surface area contributed by atoms with Gasteiger partial charge in [0.2, 0.25) is 0 Å². The second kappa shape index (κ2) is 2.54. The van der Waals surface area contributed by atoms with Crippen molar-refractivity contribution in [3.05, 3.63) is 16.0 Å². The smallest absolute Gasteiger partial charge is 0.0953 e.